The summed E-state index contributed by atoms with van der Waals surface area (Å²) in [4.78, 5) is 39.6. The quantitative estimate of drug-likeness (QED) is 0.566. The highest BCUT2D eigenvalue weighted by Gasteiger charge is 2.19. The van der Waals surface area contributed by atoms with Gasteiger partial charge in [-0.25, -0.2) is 9.97 Å². The second kappa shape index (κ2) is 8.39. The summed E-state index contributed by atoms with van der Waals surface area (Å²) in [7, 11) is 3.28. The van der Waals surface area contributed by atoms with Crippen molar-refractivity contribution in [3.8, 4) is 0 Å². The zero-order chi connectivity index (χ0) is 17.5. The van der Waals surface area contributed by atoms with Crippen LogP contribution >= 0.6 is 0 Å². The molecule has 130 valence electrons. The van der Waals surface area contributed by atoms with Gasteiger partial charge in [-0.2, -0.15) is 5.48 Å². The van der Waals surface area contributed by atoms with Crippen LogP contribution < -0.4 is 10.4 Å². The summed E-state index contributed by atoms with van der Waals surface area (Å²) in [6.07, 6.45) is 8.03. The van der Waals surface area contributed by atoms with Crippen molar-refractivity contribution in [1.82, 2.24) is 20.3 Å². The Kier molecular flexibility index (Phi) is 6.25. The van der Waals surface area contributed by atoms with Gasteiger partial charge in [0.2, 0.25) is 6.41 Å². The first-order valence-corrected chi connectivity index (χ1v) is 7.89. The summed E-state index contributed by atoms with van der Waals surface area (Å²) in [6.45, 7) is 2.63. The zero-order valence-electron chi connectivity index (χ0n) is 14.2. The molecule has 1 atom stereocenters. The number of rotatable bonds is 8. The van der Waals surface area contributed by atoms with Gasteiger partial charge in [-0.1, -0.05) is 0 Å². The third kappa shape index (κ3) is 4.51. The van der Waals surface area contributed by atoms with Gasteiger partial charge in [0, 0.05) is 33.3 Å². The average Bonchev–Trinajstić information content (AvgIpc) is 3.02. The molecule has 8 heteroatoms. The second-order valence-electron chi connectivity index (χ2n) is 5.80. The highest BCUT2D eigenvalue weighted by atomic mass is 16.7. The molecule has 2 amide bonds. The Morgan fingerprint density at radius 1 is 1.42 bits per heavy atom. The van der Waals surface area contributed by atoms with E-state index in [4.69, 9.17) is 4.84 Å². The van der Waals surface area contributed by atoms with E-state index in [-0.39, 0.29) is 11.9 Å². The maximum Gasteiger partial charge on any atom is 0.258 e. The third-order valence-electron chi connectivity index (χ3n) is 3.74. The molecule has 0 spiro atoms. The maximum atomic E-state index is 12.5. The van der Waals surface area contributed by atoms with Gasteiger partial charge < -0.3 is 14.6 Å². The Labute approximate surface area is 141 Å². The number of unbranched alkanes of at least 4 members (excludes halogenated alkanes) is 1. The lowest BCUT2D eigenvalue weighted by molar-refractivity contribution is -0.107. The molecule has 24 heavy (non-hydrogen) atoms. The lowest BCUT2D eigenvalue weighted by Gasteiger charge is -2.20. The number of hydroxylamine groups is 1. The van der Waals surface area contributed by atoms with Crippen molar-refractivity contribution in [2.24, 2.45) is 0 Å². The molecular formula is C16H23N5O3. The third-order valence-corrected chi connectivity index (χ3v) is 3.74. The van der Waals surface area contributed by atoms with Gasteiger partial charge in [-0.05, 0) is 25.8 Å². The first kappa shape index (κ1) is 17.9. The minimum atomic E-state index is -0.203. The second-order valence-corrected chi connectivity index (χ2v) is 5.80. The number of amides is 2. The van der Waals surface area contributed by atoms with E-state index < -0.39 is 0 Å². The predicted octanol–water partition coefficient (Wildman–Crippen LogP) is 1.12. The van der Waals surface area contributed by atoms with E-state index in [0.717, 1.165) is 25.0 Å². The maximum absolute atomic E-state index is 12.5. The summed E-state index contributed by atoms with van der Waals surface area (Å²) in [5.74, 6) is 1.05. The number of nitrogens with one attached hydrogen (secondary N) is 1. The Balaban J connectivity index is 1.86. The van der Waals surface area contributed by atoms with Crippen molar-refractivity contribution < 1.29 is 14.4 Å². The number of allylic oxidation sites excluding steroid dienone is 1. The lowest BCUT2D eigenvalue weighted by atomic mass is 10.1. The van der Waals surface area contributed by atoms with E-state index in [1.807, 2.05) is 6.92 Å². The minimum Gasteiger partial charge on any atom is -0.413 e. The van der Waals surface area contributed by atoms with Crippen LogP contribution in [0.2, 0.25) is 0 Å². The van der Waals surface area contributed by atoms with Crippen LogP contribution in [0.1, 0.15) is 36.5 Å². The number of carbonyl (C=O) groups excluding carboxylic acids is 2. The Morgan fingerprint density at radius 3 is 2.88 bits per heavy atom. The standard InChI is InChI=1S/C16H23N5O3/c1-12-8-13(24-19-12)6-4-5-7-20(2)16(23)14-9-17-10-18-15(14)21(3)11-22/h8-12,19H,4-7H2,1-3H3. The smallest absolute Gasteiger partial charge is 0.258 e. The lowest BCUT2D eigenvalue weighted by Crippen LogP contribution is -2.30. The first-order chi connectivity index (χ1) is 11.5. The van der Waals surface area contributed by atoms with Crippen LogP contribution in [0.5, 0.6) is 0 Å². The summed E-state index contributed by atoms with van der Waals surface area (Å²) >= 11 is 0. The Hall–Kier alpha value is -2.48. The zero-order valence-corrected chi connectivity index (χ0v) is 14.2. The predicted molar refractivity (Wildman–Crippen MR) is 89.1 cm³/mol. The van der Waals surface area contributed by atoms with Crippen molar-refractivity contribution >= 4 is 18.1 Å². The van der Waals surface area contributed by atoms with Crippen molar-refractivity contribution in [2.75, 3.05) is 25.5 Å². The monoisotopic (exact) mass is 333 g/mol. The van der Waals surface area contributed by atoms with Crippen LogP contribution in [-0.2, 0) is 9.63 Å². The molecule has 0 radical (unpaired) electrons. The van der Waals surface area contributed by atoms with Crippen LogP contribution in [0.3, 0.4) is 0 Å². The van der Waals surface area contributed by atoms with Crippen LogP contribution in [-0.4, -0.2) is 53.9 Å². The molecule has 0 fully saturated rings. The molecule has 0 bridgehead atoms. The van der Waals surface area contributed by atoms with Gasteiger partial charge in [0.25, 0.3) is 5.91 Å². The molecule has 0 aliphatic carbocycles. The van der Waals surface area contributed by atoms with Gasteiger partial charge in [0.1, 0.15) is 17.6 Å². The molecule has 2 rings (SSSR count). The molecule has 0 saturated heterocycles. The summed E-state index contributed by atoms with van der Waals surface area (Å²) < 4.78 is 0. The van der Waals surface area contributed by atoms with Crippen LogP contribution in [0.4, 0.5) is 5.82 Å². The number of aromatic nitrogens is 2. The molecule has 1 aromatic rings. The topological polar surface area (TPSA) is 87.7 Å². The highest BCUT2D eigenvalue weighted by Crippen LogP contribution is 2.17. The normalized spacial score (nSPS) is 16.3. The molecule has 1 unspecified atom stereocenters. The number of anilines is 1. The molecule has 0 saturated carbocycles. The fraction of sp³-hybridized carbons (Fsp3) is 0.500. The molecule has 1 N–H and O–H groups in total. The molecule has 0 aromatic carbocycles. The van der Waals surface area contributed by atoms with E-state index in [0.29, 0.717) is 24.3 Å². The van der Waals surface area contributed by atoms with Crippen molar-refractivity contribution in [2.45, 2.75) is 32.2 Å². The fourth-order valence-corrected chi connectivity index (χ4v) is 2.41. The molecular weight excluding hydrogens is 310 g/mol. The first-order valence-electron chi connectivity index (χ1n) is 7.89. The average molecular weight is 333 g/mol. The van der Waals surface area contributed by atoms with E-state index >= 15 is 0 Å². The minimum absolute atomic E-state index is 0.203. The van der Waals surface area contributed by atoms with Crippen LogP contribution in [0.15, 0.2) is 24.4 Å². The molecule has 1 aliphatic heterocycles. The van der Waals surface area contributed by atoms with Crippen molar-refractivity contribution in [3.05, 3.63) is 29.9 Å². The van der Waals surface area contributed by atoms with E-state index in [2.05, 4.69) is 21.5 Å². The number of hydrogen-bond acceptors (Lipinski definition) is 6. The Bertz CT molecular complexity index is 619. The van der Waals surface area contributed by atoms with Gasteiger partial charge in [-0.3, -0.25) is 9.59 Å². The van der Waals surface area contributed by atoms with Gasteiger partial charge in [0.05, 0.1) is 6.04 Å². The van der Waals surface area contributed by atoms with Crippen molar-refractivity contribution in [3.63, 3.8) is 0 Å². The van der Waals surface area contributed by atoms with Gasteiger partial charge >= 0.3 is 0 Å². The van der Waals surface area contributed by atoms with Crippen molar-refractivity contribution in [1.29, 1.82) is 0 Å². The SMILES string of the molecule is CC1C=C(CCCCN(C)C(=O)c2cncnc2N(C)C=O)ON1. The summed E-state index contributed by atoms with van der Waals surface area (Å²) in [6, 6.07) is 0.246. The summed E-state index contributed by atoms with van der Waals surface area (Å²) in [5, 5.41) is 0. The van der Waals surface area contributed by atoms with E-state index in [1.165, 1.54) is 17.4 Å². The largest absolute Gasteiger partial charge is 0.413 e. The molecule has 8 nitrogen and oxygen atoms in total. The van der Waals surface area contributed by atoms with E-state index in [1.54, 1.807) is 19.0 Å². The molecule has 2 heterocycles. The highest BCUT2D eigenvalue weighted by molar-refractivity contribution is 6.00. The van der Waals surface area contributed by atoms with Gasteiger partial charge in [0.15, 0.2) is 5.82 Å². The number of nitrogens with zero attached hydrogens (tertiary/aromatic N) is 4. The Morgan fingerprint density at radius 2 is 2.21 bits per heavy atom. The molecule has 1 aliphatic rings. The fourth-order valence-electron chi connectivity index (χ4n) is 2.41. The number of hydrogen-bond donors (Lipinski definition) is 1. The van der Waals surface area contributed by atoms with E-state index in [9.17, 15) is 9.59 Å². The number of carbonyl (C=O) groups is 2. The van der Waals surface area contributed by atoms with Crippen LogP contribution in [0.25, 0.3) is 0 Å². The molecule has 1 aromatic heterocycles. The van der Waals surface area contributed by atoms with Crippen LogP contribution in [0, 0.1) is 0 Å². The summed E-state index contributed by atoms with van der Waals surface area (Å²) in [5.41, 5.74) is 3.19. The van der Waals surface area contributed by atoms with Gasteiger partial charge in [-0.15, -0.1) is 0 Å².